The fourth-order valence-corrected chi connectivity index (χ4v) is 3.40. The summed E-state index contributed by atoms with van der Waals surface area (Å²) < 4.78 is 0. The lowest BCUT2D eigenvalue weighted by Gasteiger charge is -2.16. The van der Waals surface area contributed by atoms with Gasteiger partial charge in [0.05, 0.1) is 6.54 Å². The summed E-state index contributed by atoms with van der Waals surface area (Å²) in [6, 6.07) is 12.0. The van der Waals surface area contributed by atoms with Crippen LogP contribution in [-0.4, -0.2) is 36.3 Å². The van der Waals surface area contributed by atoms with E-state index in [0.717, 1.165) is 25.9 Å². The molecule has 0 aliphatic carbocycles. The zero-order valence-corrected chi connectivity index (χ0v) is 15.6. The Morgan fingerprint density at radius 2 is 1.65 bits per heavy atom. The molecule has 26 heavy (non-hydrogen) atoms. The Morgan fingerprint density at radius 3 is 2.35 bits per heavy atom. The number of anilines is 2. The van der Waals surface area contributed by atoms with Crippen LogP contribution in [0.5, 0.6) is 0 Å². The lowest BCUT2D eigenvalue weighted by Crippen LogP contribution is -2.27. The van der Waals surface area contributed by atoms with E-state index in [1.165, 1.54) is 0 Å². The number of benzene rings is 2. The van der Waals surface area contributed by atoms with Gasteiger partial charge in [0.15, 0.2) is 0 Å². The van der Waals surface area contributed by atoms with Crippen LogP contribution < -0.4 is 10.6 Å². The molecule has 0 radical (unpaired) electrons. The predicted octanol–water partition coefficient (Wildman–Crippen LogP) is 4.28. The third kappa shape index (κ3) is 4.90. The molecule has 1 aliphatic heterocycles. The van der Waals surface area contributed by atoms with E-state index in [9.17, 15) is 9.59 Å². The molecular weight excluding hydrogens is 373 g/mol. The van der Waals surface area contributed by atoms with Crippen molar-refractivity contribution in [2.24, 2.45) is 0 Å². The third-order valence-corrected chi connectivity index (χ3v) is 4.54. The van der Waals surface area contributed by atoms with Crippen LogP contribution in [0.15, 0.2) is 42.5 Å². The number of carbonyl (C=O) groups is 2. The molecule has 0 spiro atoms. The van der Waals surface area contributed by atoms with Gasteiger partial charge in [0.2, 0.25) is 5.91 Å². The van der Waals surface area contributed by atoms with Crippen molar-refractivity contribution in [1.82, 2.24) is 4.90 Å². The van der Waals surface area contributed by atoms with Crippen LogP contribution in [0, 0.1) is 0 Å². The summed E-state index contributed by atoms with van der Waals surface area (Å²) in [5.41, 5.74) is 1.88. The average Bonchev–Trinajstić information content (AvgIpc) is 3.13. The molecule has 5 nitrogen and oxygen atoms in total. The fourth-order valence-electron chi connectivity index (χ4n) is 2.88. The first-order valence-corrected chi connectivity index (χ1v) is 9.16. The molecule has 1 aliphatic rings. The molecule has 1 saturated heterocycles. The van der Waals surface area contributed by atoms with Crippen LogP contribution in [0.4, 0.5) is 11.4 Å². The van der Waals surface area contributed by atoms with Gasteiger partial charge < -0.3 is 15.5 Å². The van der Waals surface area contributed by atoms with Crippen LogP contribution in [0.3, 0.4) is 0 Å². The molecule has 1 heterocycles. The third-order valence-electron chi connectivity index (χ3n) is 4.10. The van der Waals surface area contributed by atoms with Crippen molar-refractivity contribution in [1.29, 1.82) is 0 Å². The van der Waals surface area contributed by atoms with E-state index < -0.39 is 0 Å². The number of hydrogen-bond donors (Lipinski definition) is 2. The largest absolute Gasteiger partial charge is 0.376 e. The van der Waals surface area contributed by atoms with E-state index in [2.05, 4.69) is 10.6 Å². The summed E-state index contributed by atoms with van der Waals surface area (Å²) in [4.78, 5) is 26.4. The molecule has 0 bridgehead atoms. The highest BCUT2D eigenvalue weighted by Gasteiger charge is 2.19. The lowest BCUT2D eigenvalue weighted by atomic mass is 10.1. The molecule has 2 aromatic rings. The molecular formula is C19H19Cl2N3O2. The minimum Gasteiger partial charge on any atom is -0.376 e. The van der Waals surface area contributed by atoms with E-state index in [-0.39, 0.29) is 18.4 Å². The van der Waals surface area contributed by atoms with Crippen LogP contribution in [0.2, 0.25) is 10.0 Å². The van der Waals surface area contributed by atoms with Crippen LogP contribution in [-0.2, 0) is 4.79 Å². The van der Waals surface area contributed by atoms with E-state index in [1.54, 1.807) is 36.4 Å². The second-order valence-electron chi connectivity index (χ2n) is 6.14. The SMILES string of the molecule is O=C(CNc1cccc(C(=O)N2CCCC2)c1)Nc1cc(Cl)cc(Cl)c1. The standard InChI is InChI=1S/C19H19Cl2N3O2/c20-14-9-15(21)11-17(10-14)23-18(25)12-22-16-5-3-4-13(8-16)19(26)24-6-1-2-7-24/h3-5,8-11,22H,1-2,6-7,12H2,(H,23,25). The molecule has 0 aromatic heterocycles. The zero-order valence-electron chi connectivity index (χ0n) is 14.1. The Labute approximate surface area is 162 Å². The first-order valence-electron chi connectivity index (χ1n) is 8.40. The first-order chi connectivity index (χ1) is 12.5. The van der Waals surface area contributed by atoms with Crippen molar-refractivity contribution >= 4 is 46.4 Å². The second kappa shape index (κ2) is 8.43. The molecule has 1 fully saturated rings. The number of halogens is 2. The van der Waals surface area contributed by atoms with Crippen molar-refractivity contribution in [2.45, 2.75) is 12.8 Å². The lowest BCUT2D eigenvalue weighted by molar-refractivity contribution is -0.114. The van der Waals surface area contributed by atoms with Crippen molar-refractivity contribution in [2.75, 3.05) is 30.3 Å². The minimum absolute atomic E-state index is 0.0316. The molecule has 7 heteroatoms. The second-order valence-corrected chi connectivity index (χ2v) is 7.01. The number of rotatable bonds is 5. The van der Waals surface area contributed by atoms with Gasteiger partial charge in [-0.25, -0.2) is 0 Å². The summed E-state index contributed by atoms with van der Waals surface area (Å²) in [7, 11) is 0. The van der Waals surface area contributed by atoms with Gasteiger partial charge in [-0.05, 0) is 49.2 Å². The monoisotopic (exact) mass is 391 g/mol. The van der Waals surface area contributed by atoms with Crippen molar-refractivity contribution in [3.63, 3.8) is 0 Å². The number of nitrogens with one attached hydrogen (secondary N) is 2. The summed E-state index contributed by atoms with van der Waals surface area (Å²) >= 11 is 11.8. The molecule has 0 saturated carbocycles. The van der Waals surface area contributed by atoms with Crippen molar-refractivity contribution in [3.05, 3.63) is 58.1 Å². The number of amides is 2. The Hall–Kier alpha value is -2.24. The molecule has 3 rings (SSSR count). The number of carbonyl (C=O) groups excluding carboxylic acids is 2. The van der Waals surface area contributed by atoms with Gasteiger partial charge in [-0.15, -0.1) is 0 Å². The van der Waals surface area contributed by atoms with E-state index in [1.807, 2.05) is 11.0 Å². The van der Waals surface area contributed by atoms with Gasteiger partial charge >= 0.3 is 0 Å². The van der Waals surface area contributed by atoms with E-state index >= 15 is 0 Å². The molecule has 2 N–H and O–H groups in total. The Bertz CT molecular complexity index is 800. The van der Waals surface area contributed by atoms with Gasteiger partial charge in [-0.3, -0.25) is 9.59 Å². The van der Waals surface area contributed by atoms with Crippen molar-refractivity contribution in [3.8, 4) is 0 Å². The highest BCUT2D eigenvalue weighted by molar-refractivity contribution is 6.35. The smallest absolute Gasteiger partial charge is 0.253 e. The predicted molar refractivity (Wildman–Crippen MR) is 105 cm³/mol. The first kappa shape index (κ1) is 18.5. The zero-order chi connectivity index (χ0) is 18.5. The topological polar surface area (TPSA) is 61.4 Å². The molecule has 0 atom stereocenters. The Balaban J connectivity index is 1.58. The Morgan fingerprint density at radius 1 is 0.962 bits per heavy atom. The van der Waals surface area contributed by atoms with E-state index in [0.29, 0.717) is 27.0 Å². The molecule has 2 amide bonds. The number of hydrogen-bond acceptors (Lipinski definition) is 3. The normalized spacial score (nSPS) is 13.5. The highest BCUT2D eigenvalue weighted by atomic mass is 35.5. The van der Waals surface area contributed by atoms with Crippen LogP contribution in [0.1, 0.15) is 23.2 Å². The summed E-state index contributed by atoms with van der Waals surface area (Å²) in [5, 5.41) is 6.67. The maximum atomic E-state index is 12.4. The van der Waals surface area contributed by atoms with Crippen LogP contribution >= 0.6 is 23.2 Å². The molecule has 2 aromatic carbocycles. The minimum atomic E-state index is -0.236. The fraction of sp³-hybridized carbons (Fsp3) is 0.263. The van der Waals surface area contributed by atoms with Crippen LogP contribution in [0.25, 0.3) is 0 Å². The Kier molecular flexibility index (Phi) is 6.01. The highest BCUT2D eigenvalue weighted by Crippen LogP contribution is 2.22. The van der Waals surface area contributed by atoms with E-state index in [4.69, 9.17) is 23.2 Å². The maximum absolute atomic E-state index is 12.4. The summed E-state index contributed by atoms with van der Waals surface area (Å²) in [6.07, 6.45) is 2.11. The summed E-state index contributed by atoms with van der Waals surface area (Å²) in [5.74, 6) is -0.205. The quantitative estimate of drug-likeness (QED) is 0.799. The van der Waals surface area contributed by atoms with Gasteiger partial charge in [-0.1, -0.05) is 29.3 Å². The maximum Gasteiger partial charge on any atom is 0.253 e. The number of nitrogens with zero attached hydrogens (tertiary/aromatic N) is 1. The van der Waals surface area contributed by atoms with Gasteiger partial charge in [-0.2, -0.15) is 0 Å². The van der Waals surface area contributed by atoms with Crippen molar-refractivity contribution < 1.29 is 9.59 Å². The molecule has 0 unspecified atom stereocenters. The average molecular weight is 392 g/mol. The number of likely N-dealkylation sites (tertiary alicyclic amines) is 1. The van der Waals surface area contributed by atoms with Gasteiger partial charge in [0, 0.05) is 40.1 Å². The summed E-state index contributed by atoms with van der Waals surface area (Å²) in [6.45, 7) is 1.67. The van der Waals surface area contributed by atoms with Gasteiger partial charge in [0.1, 0.15) is 0 Å². The molecule has 136 valence electrons. The van der Waals surface area contributed by atoms with Gasteiger partial charge in [0.25, 0.3) is 5.91 Å².